The molecule has 0 aromatic heterocycles. The highest BCUT2D eigenvalue weighted by Crippen LogP contribution is 2.27. The number of aliphatic hydroxyl groups excluding tert-OH is 1. The molecule has 0 bridgehead atoms. The third kappa shape index (κ3) is 6.73. The molecule has 0 radical (unpaired) electrons. The molecule has 0 aromatic carbocycles. The standard InChI is InChI=1S/C16H34N2O/c1-15(2,3)17-12-16(4,5)13-18(10-11-19)14-8-6-7-9-14/h14,17,19H,6-13H2,1-5H3. The second-order valence-electron chi connectivity index (χ2n) is 7.90. The van der Waals surface area contributed by atoms with Crippen LogP contribution in [0.15, 0.2) is 0 Å². The Labute approximate surface area is 119 Å². The highest BCUT2D eigenvalue weighted by molar-refractivity contribution is 4.85. The van der Waals surface area contributed by atoms with Crippen molar-refractivity contribution in [1.82, 2.24) is 10.2 Å². The molecular formula is C16H34N2O. The molecule has 0 aliphatic heterocycles. The van der Waals surface area contributed by atoms with Gasteiger partial charge in [-0.15, -0.1) is 0 Å². The normalized spacial score (nSPS) is 18.5. The van der Waals surface area contributed by atoms with Crippen LogP contribution in [-0.4, -0.2) is 47.8 Å². The van der Waals surface area contributed by atoms with Gasteiger partial charge in [0.05, 0.1) is 6.61 Å². The zero-order chi connectivity index (χ0) is 14.5. The molecule has 1 saturated carbocycles. The van der Waals surface area contributed by atoms with Crippen molar-refractivity contribution in [3.8, 4) is 0 Å². The topological polar surface area (TPSA) is 35.5 Å². The summed E-state index contributed by atoms with van der Waals surface area (Å²) in [6.07, 6.45) is 5.33. The van der Waals surface area contributed by atoms with Crippen LogP contribution in [0.3, 0.4) is 0 Å². The lowest BCUT2D eigenvalue weighted by molar-refractivity contribution is 0.0999. The maximum Gasteiger partial charge on any atom is 0.0558 e. The second kappa shape index (κ2) is 7.05. The molecule has 0 spiro atoms. The predicted molar refractivity (Wildman–Crippen MR) is 82.5 cm³/mol. The number of nitrogens with one attached hydrogen (secondary N) is 1. The summed E-state index contributed by atoms with van der Waals surface area (Å²) in [7, 11) is 0. The van der Waals surface area contributed by atoms with Crippen LogP contribution in [0.4, 0.5) is 0 Å². The van der Waals surface area contributed by atoms with Crippen molar-refractivity contribution >= 4 is 0 Å². The predicted octanol–water partition coefficient (Wildman–Crippen LogP) is 2.64. The molecule has 1 aliphatic carbocycles. The SMILES string of the molecule is CC(C)(CNC(C)(C)C)CN(CCO)C1CCCC1. The molecular weight excluding hydrogens is 236 g/mol. The Hall–Kier alpha value is -0.120. The van der Waals surface area contributed by atoms with Crippen molar-refractivity contribution in [3.63, 3.8) is 0 Å². The minimum Gasteiger partial charge on any atom is -0.395 e. The number of hydrogen-bond donors (Lipinski definition) is 2. The van der Waals surface area contributed by atoms with Crippen molar-refractivity contribution < 1.29 is 5.11 Å². The Morgan fingerprint density at radius 1 is 1.11 bits per heavy atom. The lowest BCUT2D eigenvalue weighted by atomic mass is 9.90. The van der Waals surface area contributed by atoms with Gasteiger partial charge in [0.25, 0.3) is 0 Å². The number of rotatable bonds is 7. The molecule has 3 nitrogen and oxygen atoms in total. The van der Waals surface area contributed by atoms with Crippen LogP contribution in [0.1, 0.15) is 60.3 Å². The Morgan fingerprint density at radius 3 is 2.16 bits per heavy atom. The van der Waals surface area contributed by atoms with E-state index in [4.69, 9.17) is 0 Å². The van der Waals surface area contributed by atoms with E-state index in [2.05, 4.69) is 44.8 Å². The summed E-state index contributed by atoms with van der Waals surface area (Å²) in [6, 6.07) is 0.695. The first-order chi connectivity index (χ1) is 8.73. The van der Waals surface area contributed by atoms with Crippen molar-refractivity contribution in [3.05, 3.63) is 0 Å². The maximum atomic E-state index is 9.30. The molecule has 3 heteroatoms. The minimum atomic E-state index is 0.173. The molecule has 0 aromatic rings. The van der Waals surface area contributed by atoms with Gasteiger partial charge >= 0.3 is 0 Å². The van der Waals surface area contributed by atoms with E-state index in [1.165, 1.54) is 25.7 Å². The van der Waals surface area contributed by atoms with Crippen LogP contribution in [0.25, 0.3) is 0 Å². The van der Waals surface area contributed by atoms with Crippen molar-refractivity contribution in [2.45, 2.75) is 71.9 Å². The van der Waals surface area contributed by atoms with Gasteiger partial charge in [-0.25, -0.2) is 0 Å². The highest BCUT2D eigenvalue weighted by Gasteiger charge is 2.29. The molecule has 114 valence electrons. The minimum absolute atomic E-state index is 0.173. The van der Waals surface area contributed by atoms with Crippen LogP contribution >= 0.6 is 0 Å². The maximum absolute atomic E-state index is 9.30. The lowest BCUT2D eigenvalue weighted by Crippen LogP contribution is -2.48. The van der Waals surface area contributed by atoms with Gasteiger partial charge in [0.1, 0.15) is 0 Å². The summed E-state index contributed by atoms with van der Waals surface area (Å²) in [6.45, 7) is 14.5. The Kier molecular flexibility index (Phi) is 6.28. The Balaban J connectivity index is 2.50. The van der Waals surface area contributed by atoms with E-state index in [1.54, 1.807) is 0 Å². The number of hydrogen-bond acceptors (Lipinski definition) is 3. The molecule has 0 amide bonds. The fourth-order valence-corrected chi connectivity index (χ4v) is 2.90. The van der Waals surface area contributed by atoms with Gasteiger partial charge < -0.3 is 10.4 Å². The molecule has 19 heavy (non-hydrogen) atoms. The highest BCUT2D eigenvalue weighted by atomic mass is 16.3. The van der Waals surface area contributed by atoms with Crippen LogP contribution in [0.2, 0.25) is 0 Å². The molecule has 0 atom stereocenters. The van der Waals surface area contributed by atoms with Crippen LogP contribution in [-0.2, 0) is 0 Å². The van der Waals surface area contributed by atoms with Gasteiger partial charge in [-0.1, -0.05) is 26.7 Å². The van der Waals surface area contributed by atoms with Gasteiger partial charge in [0, 0.05) is 31.2 Å². The molecule has 1 aliphatic rings. The van der Waals surface area contributed by atoms with E-state index in [1.807, 2.05) is 0 Å². The van der Waals surface area contributed by atoms with Gasteiger partial charge in [0.15, 0.2) is 0 Å². The van der Waals surface area contributed by atoms with E-state index in [0.717, 1.165) is 19.6 Å². The lowest BCUT2D eigenvalue weighted by Gasteiger charge is -2.38. The second-order valence-corrected chi connectivity index (χ2v) is 7.90. The first-order valence-corrected chi connectivity index (χ1v) is 7.83. The average Bonchev–Trinajstić information content (AvgIpc) is 2.78. The fraction of sp³-hybridized carbons (Fsp3) is 1.00. The van der Waals surface area contributed by atoms with E-state index in [9.17, 15) is 5.11 Å². The van der Waals surface area contributed by atoms with E-state index in [-0.39, 0.29) is 17.6 Å². The van der Waals surface area contributed by atoms with Gasteiger partial charge in [-0.2, -0.15) is 0 Å². The smallest absolute Gasteiger partial charge is 0.0558 e. The van der Waals surface area contributed by atoms with E-state index < -0.39 is 0 Å². The Bertz CT molecular complexity index is 252. The molecule has 0 saturated heterocycles. The van der Waals surface area contributed by atoms with E-state index in [0.29, 0.717) is 6.04 Å². The van der Waals surface area contributed by atoms with Gasteiger partial charge in [0.2, 0.25) is 0 Å². The van der Waals surface area contributed by atoms with Crippen molar-refractivity contribution in [2.24, 2.45) is 5.41 Å². The fourth-order valence-electron chi connectivity index (χ4n) is 2.90. The third-order valence-electron chi connectivity index (χ3n) is 3.96. The first kappa shape index (κ1) is 16.9. The summed E-state index contributed by atoms with van der Waals surface area (Å²) in [5.41, 5.74) is 0.414. The first-order valence-electron chi connectivity index (χ1n) is 7.83. The quantitative estimate of drug-likeness (QED) is 0.746. The molecule has 1 fully saturated rings. The van der Waals surface area contributed by atoms with Crippen LogP contribution in [0, 0.1) is 5.41 Å². The summed E-state index contributed by atoms with van der Waals surface area (Å²) in [4.78, 5) is 2.51. The number of nitrogens with zero attached hydrogens (tertiary/aromatic N) is 1. The summed E-state index contributed by atoms with van der Waals surface area (Å²) in [5.74, 6) is 0. The zero-order valence-electron chi connectivity index (χ0n) is 13.6. The zero-order valence-corrected chi connectivity index (χ0v) is 13.6. The largest absolute Gasteiger partial charge is 0.395 e. The monoisotopic (exact) mass is 270 g/mol. The van der Waals surface area contributed by atoms with E-state index >= 15 is 0 Å². The molecule has 0 heterocycles. The van der Waals surface area contributed by atoms with Crippen molar-refractivity contribution in [1.29, 1.82) is 0 Å². The Morgan fingerprint density at radius 2 is 1.68 bits per heavy atom. The summed E-state index contributed by atoms with van der Waals surface area (Å²) in [5, 5.41) is 12.9. The van der Waals surface area contributed by atoms with Gasteiger partial charge in [-0.3, -0.25) is 4.90 Å². The van der Waals surface area contributed by atoms with Gasteiger partial charge in [-0.05, 0) is 39.0 Å². The van der Waals surface area contributed by atoms with Crippen LogP contribution in [0.5, 0.6) is 0 Å². The van der Waals surface area contributed by atoms with Crippen LogP contribution < -0.4 is 5.32 Å². The summed E-state index contributed by atoms with van der Waals surface area (Å²) >= 11 is 0. The molecule has 0 unspecified atom stereocenters. The summed E-state index contributed by atoms with van der Waals surface area (Å²) < 4.78 is 0. The molecule has 1 rings (SSSR count). The number of aliphatic hydroxyl groups is 1. The molecule has 2 N–H and O–H groups in total. The average molecular weight is 270 g/mol. The van der Waals surface area contributed by atoms with Crippen molar-refractivity contribution in [2.75, 3.05) is 26.2 Å². The third-order valence-corrected chi connectivity index (χ3v) is 3.96.